The highest BCUT2D eigenvalue weighted by Crippen LogP contribution is 2.29. The Kier molecular flexibility index (Phi) is 3.85. The van der Waals surface area contributed by atoms with Gasteiger partial charge in [0.15, 0.2) is 0 Å². The number of fused-ring (bicyclic) bond motifs is 1. The number of hydrogen-bond donors (Lipinski definition) is 1. The first-order chi connectivity index (χ1) is 9.33. The number of benzene rings is 1. The number of furan rings is 1. The maximum absolute atomic E-state index is 10.0. The van der Waals surface area contributed by atoms with Gasteiger partial charge in [-0.2, -0.15) is 0 Å². The summed E-state index contributed by atoms with van der Waals surface area (Å²) in [6, 6.07) is 9.66. The summed E-state index contributed by atoms with van der Waals surface area (Å²) in [4.78, 5) is 0. The summed E-state index contributed by atoms with van der Waals surface area (Å²) in [5.41, 5.74) is 0.811. The zero-order chi connectivity index (χ0) is 13.1. The SMILES string of the molecule is OC(COCCC1CCC1)c1cc2ccccc2o1. The van der Waals surface area contributed by atoms with Crippen LogP contribution in [0, 0.1) is 5.92 Å². The summed E-state index contributed by atoms with van der Waals surface area (Å²) in [6.45, 7) is 1.05. The Labute approximate surface area is 113 Å². The smallest absolute Gasteiger partial charge is 0.136 e. The molecule has 0 aliphatic heterocycles. The Bertz CT molecular complexity index is 495. The van der Waals surface area contributed by atoms with Gasteiger partial charge < -0.3 is 14.3 Å². The van der Waals surface area contributed by atoms with E-state index in [0.717, 1.165) is 29.9 Å². The third-order valence-electron chi connectivity index (χ3n) is 3.94. The summed E-state index contributed by atoms with van der Waals surface area (Å²) < 4.78 is 11.2. The third kappa shape index (κ3) is 2.99. The molecule has 3 nitrogen and oxygen atoms in total. The van der Waals surface area contributed by atoms with Gasteiger partial charge in [-0.25, -0.2) is 0 Å². The molecule has 1 N–H and O–H groups in total. The van der Waals surface area contributed by atoms with E-state index < -0.39 is 6.10 Å². The Balaban J connectivity index is 1.49. The van der Waals surface area contributed by atoms with Gasteiger partial charge in [0, 0.05) is 12.0 Å². The minimum Gasteiger partial charge on any atom is -0.458 e. The van der Waals surface area contributed by atoms with Crippen molar-refractivity contribution in [3.8, 4) is 0 Å². The van der Waals surface area contributed by atoms with Crippen LogP contribution >= 0.6 is 0 Å². The fourth-order valence-corrected chi connectivity index (χ4v) is 2.48. The number of ether oxygens (including phenoxy) is 1. The molecule has 1 aliphatic rings. The highest BCUT2D eigenvalue weighted by molar-refractivity contribution is 5.77. The predicted octanol–water partition coefficient (Wildman–Crippen LogP) is 3.67. The summed E-state index contributed by atoms with van der Waals surface area (Å²) in [5, 5.41) is 11.1. The molecule has 1 atom stereocenters. The molecular weight excluding hydrogens is 240 g/mol. The monoisotopic (exact) mass is 260 g/mol. The number of aliphatic hydroxyl groups excluding tert-OH is 1. The molecule has 1 aromatic heterocycles. The van der Waals surface area contributed by atoms with Crippen LogP contribution in [0.1, 0.15) is 37.5 Å². The lowest BCUT2D eigenvalue weighted by atomic mass is 9.83. The van der Waals surface area contributed by atoms with Crippen molar-refractivity contribution in [2.75, 3.05) is 13.2 Å². The standard InChI is InChI=1S/C16H20O3/c17-14(11-18-9-8-12-4-3-5-12)16-10-13-6-1-2-7-15(13)19-16/h1-2,6-7,10,12,14,17H,3-5,8-9,11H2. The van der Waals surface area contributed by atoms with E-state index in [4.69, 9.17) is 9.15 Å². The lowest BCUT2D eigenvalue weighted by Crippen LogP contribution is -2.15. The van der Waals surface area contributed by atoms with Gasteiger partial charge in [0.2, 0.25) is 0 Å². The van der Waals surface area contributed by atoms with E-state index in [1.807, 2.05) is 30.3 Å². The molecule has 1 heterocycles. The van der Waals surface area contributed by atoms with Crippen LogP contribution in [0.25, 0.3) is 11.0 Å². The summed E-state index contributed by atoms with van der Waals surface area (Å²) >= 11 is 0. The van der Waals surface area contributed by atoms with Crippen LogP contribution in [0.4, 0.5) is 0 Å². The van der Waals surface area contributed by atoms with Gasteiger partial charge in [0.1, 0.15) is 17.4 Å². The Hall–Kier alpha value is -1.32. The molecule has 3 heteroatoms. The van der Waals surface area contributed by atoms with E-state index in [9.17, 15) is 5.11 Å². The molecule has 0 saturated heterocycles. The maximum Gasteiger partial charge on any atom is 0.136 e. The van der Waals surface area contributed by atoms with Gasteiger partial charge >= 0.3 is 0 Å². The molecule has 2 aromatic rings. The summed E-state index contributed by atoms with van der Waals surface area (Å²) in [5.74, 6) is 1.44. The zero-order valence-electron chi connectivity index (χ0n) is 11.0. The van der Waals surface area contributed by atoms with E-state index >= 15 is 0 Å². The minimum atomic E-state index is -0.672. The first kappa shape index (κ1) is 12.7. The second-order valence-corrected chi connectivity index (χ2v) is 5.36. The van der Waals surface area contributed by atoms with Crippen LogP contribution in [-0.2, 0) is 4.74 Å². The molecule has 0 radical (unpaired) electrons. The average Bonchev–Trinajstić information content (AvgIpc) is 2.80. The molecule has 1 aliphatic carbocycles. The number of rotatable bonds is 6. The molecule has 1 saturated carbocycles. The summed E-state index contributed by atoms with van der Waals surface area (Å²) in [7, 11) is 0. The van der Waals surface area contributed by atoms with Crippen LogP contribution in [0.3, 0.4) is 0 Å². The molecule has 0 amide bonds. The summed E-state index contributed by atoms with van der Waals surface area (Å²) in [6.07, 6.45) is 4.50. The van der Waals surface area contributed by atoms with Crippen molar-refractivity contribution in [3.05, 3.63) is 36.1 Å². The molecule has 102 valence electrons. The lowest BCUT2D eigenvalue weighted by Gasteiger charge is -2.25. The van der Waals surface area contributed by atoms with E-state index in [2.05, 4.69) is 0 Å². The molecule has 1 unspecified atom stereocenters. The molecule has 0 spiro atoms. The largest absolute Gasteiger partial charge is 0.458 e. The fraction of sp³-hybridized carbons (Fsp3) is 0.500. The van der Waals surface area contributed by atoms with Crippen molar-refractivity contribution in [2.24, 2.45) is 5.92 Å². The first-order valence-corrected chi connectivity index (χ1v) is 7.07. The van der Waals surface area contributed by atoms with Crippen molar-refractivity contribution in [3.63, 3.8) is 0 Å². The topological polar surface area (TPSA) is 42.6 Å². The van der Waals surface area contributed by atoms with Crippen LogP contribution in [-0.4, -0.2) is 18.3 Å². The molecule has 19 heavy (non-hydrogen) atoms. The van der Waals surface area contributed by atoms with Gasteiger partial charge in [0.25, 0.3) is 0 Å². The van der Waals surface area contributed by atoms with E-state index in [0.29, 0.717) is 12.4 Å². The van der Waals surface area contributed by atoms with Crippen molar-refractivity contribution in [1.82, 2.24) is 0 Å². The van der Waals surface area contributed by atoms with Crippen LogP contribution in [0.5, 0.6) is 0 Å². The van der Waals surface area contributed by atoms with Crippen LogP contribution in [0.15, 0.2) is 34.7 Å². The van der Waals surface area contributed by atoms with Gasteiger partial charge in [-0.1, -0.05) is 37.5 Å². The highest BCUT2D eigenvalue weighted by Gasteiger charge is 2.17. The van der Waals surface area contributed by atoms with E-state index in [-0.39, 0.29) is 0 Å². The highest BCUT2D eigenvalue weighted by atomic mass is 16.5. The second kappa shape index (κ2) is 5.76. The van der Waals surface area contributed by atoms with Crippen molar-refractivity contribution >= 4 is 11.0 Å². The Morgan fingerprint density at radius 2 is 2.16 bits per heavy atom. The molecule has 1 aromatic carbocycles. The van der Waals surface area contributed by atoms with Crippen molar-refractivity contribution in [2.45, 2.75) is 31.8 Å². The number of para-hydroxylation sites is 1. The molecular formula is C16H20O3. The van der Waals surface area contributed by atoms with Gasteiger partial charge in [-0.3, -0.25) is 0 Å². The number of aliphatic hydroxyl groups is 1. The van der Waals surface area contributed by atoms with Crippen LogP contribution in [0.2, 0.25) is 0 Å². The molecule has 1 fully saturated rings. The second-order valence-electron chi connectivity index (χ2n) is 5.36. The first-order valence-electron chi connectivity index (χ1n) is 7.07. The third-order valence-corrected chi connectivity index (χ3v) is 3.94. The normalized spacial score (nSPS) is 17.5. The molecule has 0 bridgehead atoms. The van der Waals surface area contributed by atoms with Crippen molar-refractivity contribution < 1.29 is 14.3 Å². The van der Waals surface area contributed by atoms with Gasteiger partial charge in [0.05, 0.1) is 6.61 Å². The van der Waals surface area contributed by atoms with E-state index in [1.54, 1.807) is 0 Å². The van der Waals surface area contributed by atoms with Crippen molar-refractivity contribution in [1.29, 1.82) is 0 Å². The predicted molar refractivity (Wildman–Crippen MR) is 74.0 cm³/mol. The zero-order valence-corrected chi connectivity index (χ0v) is 11.0. The fourth-order valence-electron chi connectivity index (χ4n) is 2.48. The maximum atomic E-state index is 10.0. The Morgan fingerprint density at radius 3 is 2.89 bits per heavy atom. The Morgan fingerprint density at radius 1 is 1.32 bits per heavy atom. The number of hydrogen-bond acceptors (Lipinski definition) is 3. The molecule has 3 rings (SSSR count). The van der Waals surface area contributed by atoms with Crippen LogP contribution < -0.4 is 0 Å². The minimum absolute atomic E-state index is 0.312. The van der Waals surface area contributed by atoms with Gasteiger partial charge in [-0.05, 0) is 24.5 Å². The average molecular weight is 260 g/mol. The van der Waals surface area contributed by atoms with E-state index in [1.165, 1.54) is 19.3 Å². The lowest BCUT2D eigenvalue weighted by molar-refractivity contribution is 0.0175. The quantitative estimate of drug-likeness (QED) is 0.806. The van der Waals surface area contributed by atoms with Gasteiger partial charge in [-0.15, -0.1) is 0 Å².